The summed E-state index contributed by atoms with van der Waals surface area (Å²) in [5, 5.41) is 2.71. The normalized spacial score (nSPS) is 12.8. The van der Waals surface area contributed by atoms with Crippen molar-refractivity contribution < 1.29 is 28.5 Å². The third-order valence-electron chi connectivity index (χ3n) is 3.88. The molecule has 0 aliphatic heterocycles. The van der Waals surface area contributed by atoms with Crippen LogP contribution in [-0.2, 0) is 9.53 Å². The largest absolute Gasteiger partial charge is 0.493 e. The van der Waals surface area contributed by atoms with Crippen molar-refractivity contribution >= 4 is 11.9 Å². The highest BCUT2D eigenvalue weighted by atomic mass is 16.5. The smallest absolute Gasteiger partial charge is 0.328 e. The maximum atomic E-state index is 12.6. The molecular weight excluding hydrogens is 314 g/mol. The summed E-state index contributed by atoms with van der Waals surface area (Å²) < 4.78 is 20.5. The second-order valence-electron chi connectivity index (χ2n) is 5.27. The van der Waals surface area contributed by atoms with Crippen molar-refractivity contribution in [3.63, 3.8) is 0 Å². The molecule has 0 fully saturated rings. The van der Waals surface area contributed by atoms with Crippen LogP contribution in [0.25, 0.3) is 0 Å². The van der Waals surface area contributed by atoms with Gasteiger partial charge in [-0.3, -0.25) is 4.79 Å². The minimum atomic E-state index is -0.730. The lowest BCUT2D eigenvalue weighted by Crippen LogP contribution is -2.45. The van der Waals surface area contributed by atoms with Gasteiger partial charge in [-0.05, 0) is 18.1 Å². The summed E-state index contributed by atoms with van der Waals surface area (Å²) in [5.74, 6) is 0.141. The van der Waals surface area contributed by atoms with E-state index in [1.807, 2.05) is 13.8 Å². The zero-order valence-electron chi connectivity index (χ0n) is 15.0. The molecule has 0 aliphatic rings. The van der Waals surface area contributed by atoms with Gasteiger partial charge in [0.25, 0.3) is 5.91 Å². The van der Waals surface area contributed by atoms with Gasteiger partial charge in [-0.1, -0.05) is 20.3 Å². The molecule has 0 heterocycles. The van der Waals surface area contributed by atoms with Crippen molar-refractivity contribution in [3.05, 3.63) is 17.7 Å². The van der Waals surface area contributed by atoms with Crippen molar-refractivity contribution in [2.75, 3.05) is 28.4 Å². The Labute approximate surface area is 142 Å². The van der Waals surface area contributed by atoms with Crippen molar-refractivity contribution in [1.29, 1.82) is 0 Å². The first-order valence-corrected chi connectivity index (χ1v) is 7.62. The van der Waals surface area contributed by atoms with Gasteiger partial charge in [0.2, 0.25) is 5.75 Å². The Hall–Kier alpha value is -2.44. The second kappa shape index (κ2) is 9.00. The highest BCUT2D eigenvalue weighted by molar-refractivity contribution is 5.98. The van der Waals surface area contributed by atoms with E-state index in [0.29, 0.717) is 22.8 Å². The van der Waals surface area contributed by atoms with Crippen LogP contribution in [0.5, 0.6) is 17.2 Å². The van der Waals surface area contributed by atoms with Crippen molar-refractivity contribution in [2.45, 2.75) is 26.3 Å². The predicted molar refractivity (Wildman–Crippen MR) is 88.8 cm³/mol. The zero-order valence-corrected chi connectivity index (χ0v) is 15.0. The quantitative estimate of drug-likeness (QED) is 0.730. The molecule has 0 saturated heterocycles. The van der Waals surface area contributed by atoms with Crippen LogP contribution in [0, 0.1) is 5.92 Å². The molecule has 1 aromatic rings. The Balaban J connectivity index is 3.15. The average Bonchev–Trinajstić information content (AvgIpc) is 2.62. The molecule has 24 heavy (non-hydrogen) atoms. The van der Waals surface area contributed by atoms with Gasteiger partial charge < -0.3 is 24.3 Å². The average molecular weight is 339 g/mol. The van der Waals surface area contributed by atoms with E-state index in [1.54, 1.807) is 0 Å². The van der Waals surface area contributed by atoms with Crippen molar-refractivity contribution in [1.82, 2.24) is 5.32 Å². The molecule has 0 radical (unpaired) electrons. The monoisotopic (exact) mass is 339 g/mol. The third kappa shape index (κ3) is 4.31. The standard InChI is InChI=1S/C17H25NO6/c1-7-10(2)14(17(20)24-6)18-16(19)11-8-12(21-3)15(23-5)13(9-11)22-4/h8-10,14H,7H2,1-6H3,(H,18,19)/t10-,14+/m1/s1. The van der Waals surface area contributed by atoms with Crippen LogP contribution in [0.15, 0.2) is 12.1 Å². The Kier molecular flexibility index (Phi) is 7.35. The van der Waals surface area contributed by atoms with Crippen LogP contribution in [0.1, 0.15) is 30.6 Å². The van der Waals surface area contributed by atoms with E-state index < -0.39 is 17.9 Å². The minimum Gasteiger partial charge on any atom is -0.493 e. The molecule has 0 aliphatic carbocycles. The molecule has 2 atom stereocenters. The first-order valence-electron chi connectivity index (χ1n) is 7.62. The summed E-state index contributed by atoms with van der Waals surface area (Å²) in [4.78, 5) is 24.5. The van der Waals surface area contributed by atoms with E-state index >= 15 is 0 Å². The molecule has 1 N–H and O–H groups in total. The highest BCUT2D eigenvalue weighted by Gasteiger charge is 2.28. The maximum absolute atomic E-state index is 12.6. The molecule has 0 saturated carbocycles. The predicted octanol–water partition coefficient (Wildman–Crippen LogP) is 2.03. The minimum absolute atomic E-state index is 0.0663. The molecule has 7 nitrogen and oxygen atoms in total. The highest BCUT2D eigenvalue weighted by Crippen LogP contribution is 2.38. The number of nitrogens with one attached hydrogen (secondary N) is 1. The van der Waals surface area contributed by atoms with Gasteiger partial charge in [-0.25, -0.2) is 4.79 Å². The molecule has 1 rings (SSSR count). The lowest BCUT2D eigenvalue weighted by molar-refractivity contribution is -0.144. The molecule has 0 unspecified atom stereocenters. The number of hydrogen-bond donors (Lipinski definition) is 1. The number of carbonyl (C=O) groups is 2. The van der Waals surface area contributed by atoms with Crippen LogP contribution < -0.4 is 19.5 Å². The molecule has 0 bridgehead atoms. The van der Waals surface area contributed by atoms with Gasteiger partial charge in [0.15, 0.2) is 11.5 Å². The molecule has 0 aromatic heterocycles. The number of rotatable bonds is 8. The van der Waals surface area contributed by atoms with Crippen LogP contribution >= 0.6 is 0 Å². The van der Waals surface area contributed by atoms with Gasteiger partial charge in [-0.15, -0.1) is 0 Å². The van der Waals surface area contributed by atoms with Gasteiger partial charge in [0.05, 0.1) is 28.4 Å². The summed E-state index contributed by atoms with van der Waals surface area (Å²) in [6.45, 7) is 3.81. The number of amides is 1. The summed E-state index contributed by atoms with van der Waals surface area (Å²) >= 11 is 0. The Morgan fingerprint density at radius 2 is 1.58 bits per heavy atom. The third-order valence-corrected chi connectivity index (χ3v) is 3.88. The van der Waals surface area contributed by atoms with Crippen molar-refractivity contribution in [3.8, 4) is 17.2 Å². The number of carbonyl (C=O) groups excluding carboxylic acids is 2. The van der Waals surface area contributed by atoms with E-state index in [-0.39, 0.29) is 5.92 Å². The Morgan fingerprint density at radius 1 is 1.04 bits per heavy atom. The van der Waals surface area contributed by atoms with E-state index in [2.05, 4.69) is 5.32 Å². The fourth-order valence-corrected chi connectivity index (χ4v) is 2.23. The van der Waals surface area contributed by atoms with Crippen LogP contribution in [0.3, 0.4) is 0 Å². The van der Waals surface area contributed by atoms with Gasteiger partial charge in [0.1, 0.15) is 6.04 Å². The van der Waals surface area contributed by atoms with Crippen molar-refractivity contribution in [2.24, 2.45) is 5.92 Å². The first-order chi connectivity index (χ1) is 11.4. The summed E-state index contributed by atoms with van der Waals surface area (Å²) in [6.07, 6.45) is 0.718. The molecule has 1 amide bonds. The lowest BCUT2D eigenvalue weighted by atomic mass is 9.98. The SMILES string of the molecule is CC[C@@H](C)[C@H](NC(=O)c1cc(OC)c(OC)c(OC)c1)C(=O)OC. The lowest BCUT2D eigenvalue weighted by Gasteiger charge is -2.22. The van der Waals surface area contributed by atoms with E-state index in [1.165, 1.54) is 40.6 Å². The molecule has 134 valence electrons. The van der Waals surface area contributed by atoms with Gasteiger partial charge >= 0.3 is 5.97 Å². The summed E-state index contributed by atoms with van der Waals surface area (Å²) in [7, 11) is 5.71. The van der Waals surface area contributed by atoms with Crippen LogP contribution in [0.2, 0.25) is 0 Å². The van der Waals surface area contributed by atoms with E-state index in [9.17, 15) is 9.59 Å². The van der Waals surface area contributed by atoms with Gasteiger partial charge in [0, 0.05) is 5.56 Å². The molecular formula is C17H25NO6. The Morgan fingerprint density at radius 3 is 1.96 bits per heavy atom. The number of esters is 1. The van der Waals surface area contributed by atoms with Crippen LogP contribution in [-0.4, -0.2) is 46.4 Å². The van der Waals surface area contributed by atoms with E-state index in [0.717, 1.165) is 6.42 Å². The topological polar surface area (TPSA) is 83.1 Å². The maximum Gasteiger partial charge on any atom is 0.328 e. The second-order valence-corrected chi connectivity index (χ2v) is 5.27. The fraction of sp³-hybridized carbons (Fsp3) is 0.529. The van der Waals surface area contributed by atoms with Crippen LogP contribution in [0.4, 0.5) is 0 Å². The Bertz CT molecular complexity index is 561. The van der Waals surface area contributed by atoms with E-state index in [4.69, 9.17) is 18.9 Å². The first kappa shape index (κ1) is 19.6. The molecule has 0 spiro atoms. The molecule has 1 aromatic carbocycles. The number of benzene rings is 1. The summed E-state index contributed by atoms with van der Waals surface area (Å²) in [5.41, 5.74) is 0.293. The number of methoxy groups -OCH3 is 4. The van der Waals surface area contributed by atoms with Gasteiger partial charge in [-0.2, -0.15) is 0 Å². The number of ether oxygens (including phenoxy) is 4. The number of hydrogen-bond acceptors (Lipinski definition) is 6. The zero-order chi connectivity index (χ0) is 18.3. The fourth-order valence-electron chi connectivity index (χ4n) is 2.23. The summed E-state index contributed by atoms with van der Waals surface area (Å²) in [6, 6.07) is 2.33. The molecule has 7 heteroatoms.